The molecule has 9 heteroatoms. The third-order valence-electron chi connectivity index (χ3n) is 6.88. The normalized spacial score (nSPS) is 15.3. The predicted molar refractivity (Wildman–Crippen MR) is 154 cm³/mol. The number of nitrogen functional groups attached to an aromatic ring is 1. The summed E-state index contributed by atoms with van der Waals surface area (Å²) >= 11 is 0. The highest BCUT2D eigenvalue weighted by molar-refractivity contribution is 5.78. The average molecular weight is 540 g/mol. The van der Waals surface area contributed by atoms with E-state index >= 15 is 0 Å². The Morgan fingerprint density at radius 2 is 1.52 bits per heavy atom. The van der Waals surface area contributed by atoms with Crippen LogP contribution in [0.3, 0.4) is 0 Å². The lowest BCUT2D eigenvalue weighted by atomic mass is 9.96. The molecule has 0 spiro atoms. The smallest absolute Gasteiger partial charge is 0.348 e. The molecule has 1 fully saturated rings. The van der Waals surface area contributed by atoms with Gasteiger partial charge in [0.1, 0.15) is 17.3 Å². The van der Waals surface area contributed by atoms with E-state index in [1.54, 1.807) is 49.4 Å². The van der Waals surface area contributed by atoms with Gasteiger partial charge in [0.25, 0.3) is 0 Å². The number of nitrogens with zero attached hydrogens (tertiary/aromatic N) is 4. The fourth-order valence-corrected chi connectivity index (χ4v) is 4.71. The van der Waals surface area contributed by atoms with Crippen LogP contribution in [0, 0.1) is 0 Å². The van der Waals surface area contributed by atoms with Crippen molar-refractivity contribution >= 4 is 17.7 Å². The third-order valence-corrected chi connectivity index (χ3v) is 6.88. The number of carbonyl (C=O) groups is 1. The van der Waals surface area contributed by atoms with Crippen molar-refractivity contribution in [2.24, 2.45) is 0 Å². The Morgan fingerprint density at radius 3 is 2.17 bits per heavy atom. The van der Waals surface area contributed by atoms with Gasteiger partial charge in [0, 0.05) is 45.2 Å². The zero-order valence-corrected chi connectivity index (χ0v) is 22.4. The molecule has 40 heavy (non-hydrogen) atoms. The quantitative estimate of drug-likeness (QED) is 0.297. The summed E-state index contributed by atoms with van der Waals surface area (Å²) in [6, 6.07) is 28.4. The Balaban J connectivity index is 1.21. The van der Waals surface area contributed by atoms with Crippen molar-refractivity contribution in [3.05, 3.63) is 102 Å². The van der Waals surface area contributed by atoms with Crippen LogP contribution in [0.15, 0.2) is 91.0 Å². The SMILES string of the molecule is C[C@@](Cc1ccc(Oc2cc(N3CCN(Cc4ccccc4)CC3)nc(N)n2)cc1)(Oc1ccccc1)C(=O)O. The molecule has 1 saturated heterocycles. The van der Waals surface area contributed by atoms with Crippen molar-refractivity contribution in [2.45, 2.75) is 25.5 Å². The summed E-state index contributed by atoms with van der Waals surface area (Å²) in [6.07, 6.45) is 0.179. The predicted octanol–water partition coefficient (Wildman–Crippen LogP) is 4.64. The molecule has 9 nitrogen and oxygen atoms in total. The van der Waals surface area contributed by atoms with Crippen LogP contribution >= 0.6 is 0 Å². The molecule has 1 atom stereocenters. The lowest BCUT2D eigenvalue weighted by Crippen LogP contribution is -2.46. The maximum absolute atomic E-state index is 12.1. The fourth-order valence-electron chi connectivity index (χ4n) is 4.71. The summed E-state index contributed by atoms with van der Waals surface area (Å²) in [4.78, 5) is 25.4. The minimum atomic E-state index is -1.43. The van der Waals surface area contributed by atoms with E-state index in [-0.39, 0.29) is 12.4 Å². The molecule has 1 aliphatic rings. The molecule has 0 aliphatic carbocycles. The Hall–Kier alpha value is -4.63. The maximum atomic E-state index is 12.1. The number of aromatic nitrogens is 2. The van der Waals surface area contributed by atoms with Crippen molar-refractivity contribution in [2.75, 3.05) is 36.8 Å². The van der Waals surface area contributed by atoms with Crippen LogP contribution in [-0.4, -0.2) is 57.7 Å². The van der Waals surface area contributed by atoms with Crippen LogP contribution in [0.2, 0.25) is 0 Å². The number of nitrogens with two attached hydrogens (primary N) is 1. The molecule has 0 bridgehead atoms. The van der Waals surface area contributed by atoms with E-state index in [2.05, 4.69) is 44.0 Å². The van der Waals surface area contributed by atoms with E-state index in [1.807, 2.05) is 24.3 Å². The number of piperazine rings is 1. The molecular weight excluding hydrogens is 506 g/mol. The molecule has 4 aromatic rings. The van der Waals surface area contributed by atoms with Gasteiger partial charge in [-0.15, -0.1) is 0 Å². The minimum Gasteiger partial charge on any atom is -0.478 e. The first-order valence-corrected chi connectivity index (χ1v) is 13.3. The summed E-state index contributed by atoms with van der Waals surface area (Å²) in [5.74, 6) is 1.25. The standard InChI is InChI=1S/C31H33N5O4/c1-31(29(37)38,40-26-10-6-3-7-11-26)21-23-12-14-25(15-13-23)39-28-20-27(33-30(32)34-28)36-18-16-35(17-19-36)22-24-8-4-2-5-9-24/h2-15,20H,16-19,21-22H2,1H3,(H,37,38)(H2,32,33,34)/t31-/m0/s1. The van der Waals surface area contributed by atoms with Crippen LogP contribution in [-0.2, 0) is 17.8 Å². The lowest BCUT2D eigenvalue weighted by Gasteiger charge is -2.35. The van der Waals surface area contributed by atoms with Gasteiger partial charge in [-0.25, -0.2) is 4.79 Å². The van der Waals surface area contributed by atoms with Gasteiger partial charge in [-0.1, -0.05) is 60.7 Å². The Bertz CT molecular complexity index is 1410. The van der Waals surface area contributed by atoms with Gasteiger partial charge in [0.2, 0.25) is 17.4 Å². The van der Waals surface area contributed by atoms with Crippen LogP contribution < -0.4 is 20.1 Å². The second kappa shape index (κ2) is 12.0. The van der Waals surface area contributed by atoms with Crippen molar-refractivity contribution in [3.63, 3.8) is 0 Å². The van der Waals surface area contributed by atoms with Gasteiger partial charge in [-0.3, -0.25) is 4.90 Å². The van der Waals surface area contributed by atoms with Gasteiger partial charge in [-0.05, 0) is 42.3 Å². The summed E-state index contributed by atoms with van der Waals surface area (Å²) in [7, 11) is 0. The summed E-state index contributed by atoms with van der Waals surface area (Å²) < 4.78 is 11.8. The van der Waals surface area contributed by atoms with E-state index in [9.17, 15) is 9.90 Å². The van der Waals surface area contributed by atoms with Gasteiger partial charge < -0.3 is 25.2 Å². The molecule has 1 aromatic heterocycles. The first-order chi connectivity index (χ1) is 19.4. The molecule has 5 rings (SSSR count). The maximum Gasteiger partial charge on any atom is 0.348 e. The molecule has 206 valence electrons. The Kier molecular flexibility index (Phi) is 8.12. The van der Waals surface area contributed by atoms with Crippen molar-refractivity contribution in [1.82, 2.24) is 14.9 Å². The number of ether oxygens (including phenoxy) is 2. The lowest BCUT2D eigenvalue weighted by molar-refractivity contribution is -0.153. The molecule has 0 amide bonds. The number of hydrogen-bond donors (Lipinski definition) is 2. The van der Waals surface area contributed by atoms with Crippen molar-refractivity contribution < 1.29 is 19.4 Å². The fraction of sp³-hybridized carbons (Fsp3) is 0.258. The largest absolute Gasteiger partial charge is 0.478 e. The second-order valence-corrected chi connectivity index (χ2v) is 10.0. The monoisotopic (exact) mass is 539 g/mol. The first-order valence-electron chi connectivity index (χ1n) is 13.3. The number of aliphatic carboxylic acids is 1. The van der Waals surface area contributed by atoms with Crippen LogP contribution in [0.5, 0.6) is 17.4 Å². The number of carboxylic acid groups (broad SMARTS) is 1. The average Bonchev–Trinajstić information content (AvgIpc) is 2.95. The van der Waals surface area contributed by atoms with E-state index in [1.165, 1.54) is 5.56 Å². The van der Waals surface area contributed by atoms with Crippen molar-refractivity contribution in [1.29, 1.82) is 0 Å². The van der Waals surface area contributed by atoms with Crippen LogP contribution in [0.25, 0.3) is 0 Å². The molecule has 2 heterocycles. The number of para-hydroxylation sites is 1. The highest BCUT2D eigenvalue weighted by Gasteiger charge is 2.36. The van der Waals surface area contributed by atoms with E-state index in [0.29, 0.717) is 17.4 Å². The van der Waals surface area contributed by atoms with Gasteiger partial charge in [0.15, 0.2) is 0 Å². The highest BCUT2D eigenvalue weighted by Crippen LogP contribution is 2.27. The number of benzene rings is 3. The summed E-state index contributed by atoms with van der Waals surface area (Å²) in [5.41, 5.74) is 6.70. The number of anilines is 2. The summed E-state index contributed by atoms with van der Waals surface area (Å²) in [6.45, 7) is 5.98. The second-order valence-electron chi connectivity index (χ2n) is 10.0. The van der Waals surface area contributed by atoms with Gasteiger partial charge in [0.05, 0.1) is 0 Å². The molecule has 0 unspecified atom stereocenters. The summed E-state index contributed by atoms with van der Waals surface area (Å²) in [5, 5.41) is 9.86. The minimum absolute atomic E-state index is 0.145. The zero-order chi connectivity index (χ0) is 28.0. The number of hydrogen-bond acceptors (Lipinski definition) is 8. The molecule has 0 saturated carbocycles. The molecule has 0 radical (unpaired) electrons. The molecule has 1 aliphatic heterocycles. The zero-order valence-electron chi connectivity index (χ0n) is 22.4. The Labute approximate surface area is 233 Å². The van der Waals surface area contributed by atoms with Crippen LogP contribution in [0.4, 0.5) is 11.8 Å². The topological polar surface area (TPSA) is 114 Å². The van der Waals surface area contributed by atoms with Crippen LogP contribution in [0.1, 0.15) is 18.1 Å². The van der Waals surface area contributed by atoms with E-state index < -0.39 is 11.6 Å². The Morgan fingerprint density at radius 1 is 0.875 bits per heavy atom. The van der Waals surface area contributed by atoms with Gasteiger partial charge >= 0.3 is 5.97 Å². The molecule has 3 N–H and O–H groups in total. The number of carboxylic acids is 1. The third kappa shape index (κ3) is 6.86. The number of rotatable bonds is 10. The van der Waals surface area contributed by atoms with Crippen molar-refractivity contribution in [3.8, 4) is 17.4 Å². The highest BCUT2D eigenvalue weighted by atomic mass is 16.5. The first kappa shape index (κ1) is 27.0. The van der Waals surface area contributed by atoms with E-state index in [0.717, 1.165) is 44.1 Å². The molecule has 3 aromatic carbocycles. The van der Waals surface area contributed by atoms with E-state index in [4.69, 9.17) is 15.2 Å². The molecular formula is C31H33N5O4. The van der Waals surface area contributed by atoms with Gasteiger partial charge in [-0.2, -0.15) is 9.97 Å².